The molecule has 5 heteroatoms. The van der Waals surface area contributed by atoms with Crippen LogP contribution in [0.3, 0.4) is 0 Å². The molecule has 0 heterocycles. The number of aliphatic hydroxyl groups excluding tert-OH is 1. The molecular formula is C24H48N2O3. The number of carbonyl (C=O) groups excluding carboxylic acids is 1. The molecule has 0 aliphatic heterocycles. The number of aliphatic hydroxyl groups is 1. The maximum Gasteiger partial charge on any atom is 0.305 e. The highest BCUT2D eigenvalue weighted by molar-refractivity contribution is 5.69. The predicted molar refractivity (Wildman–Crippen MR) is 123 cm³/mol. The van der Waals surface area contributed by atoms with Crippen LogP contribution in [-0.4, -0.2) is 36.4 Å². The fraction of sp³-hybridized carbons (Fsp3) is 0.875. The Kier molecular flexibility index (Phi) is 21.1. The molecular weight excluding hydrogens is 364 g/mol. The average molecular weight is 413 g/mol. The number of allylic oxidation sites excluding steroid dienone is 1. The Bertz CT molecular complexity index is 388. The third-order valence-corrected chi connectivity index (χ3v) is 5.27. The van der Waals surface area contributed by atoms with Crippen molar-refractivity contribution in [2.75, 3.05) is 13.2 Å². The Morgan fingerprint density at radius 1 is 0.897 bits per heavy atom. The first kappa shape index (κ1) is 28.1. The van der Waals surface area contributed by atoms with Gasteiger partial charge in [-0.05, 0) is 32.2 Å². The van der Waals surface area contributed by atoms with E-state index < -0.39 is 12.1 Å². The van der Waals surface area contributed by atoms with Crippen LogP contribution in [0.2, 0.25) is 0 Å². The lowest BCUT2D eigenvalue weighted by Gasteiger charge is -2.15. The molecule has 5 nitrogen and oxygen atoms in total. The van der Waals surface area contributed by atoms with Gasteiger partial charge in [0, 0.05) is 6.42 Å². The van der Waals surface area contributed by atoms with E-state index in [2.05, 4.69) is 6.92 Å². The van der Waals surface area contributed by atoms with Gasteiger partial charge < -0.3 is 21.3 Å². The monoisotopic (exact) mass is 412 g/mol. The van der Waals surface area contributed by atoms with E-state index in [1.54, 1.807) is 6.08 Å². The van der Waals surface area contributed by atoms with E-state index in [-0.39, 0.29) is 12.6 Å². The standard InChI is InChI=1S/C24H48N2O3/c1-2-3-4-5-6-7-8-9-10-11-12-13-15-18-23(27)22(26)21-29-24(28)19-16-14-17-20-25/h15,18,22-23,27H,2-14,16-17,19-21,25-26H2,1H3. The first-order chi connectivity index (χ1) is 14.1. The highest BCUT2D eigenvalue weighted by Crippen LogP contribution is 2.12. The highest BCUT2D eigenvalue weighted by Gasteiger charge is 2.14. The lowest BCUT2D eigenvalue weighted by atomic mass is 10.0. The van der Waals surface area contributed by atoms with E-state index in [0.717, 1.165) is 32.1 Å². The second kappa shape index (κ2) is 21.8. The normalized spacial score (nSPS) is 13.7. The Hall–Kier alpha value is -0.910. The number of carbonyl (C=O) groups is 1. The van der Waals surface area contributed by atoms with Crippen molar-refractivity contribution in [1.82, 2.24) is 0 Å². The maximum absolute atomic E-state index is 11.6. The molecule has 2 atom stereocenters. The van der Waals surface area contributed by atoms with Crippen molar-refractivity contribution in [3.8, 4) is 0 Å². The molecule has 29 heavy (non-hydrogen) atoms. The van der Waals surface area contributed by atoms with E-state index >= 15 is 0 Å². The number of hydrogen-bond donors (Lipinski definition) is 3. The molecule has 0 amide bonds. The zero-order valence-electron chi connectivity index (χ0n) is 19.0. The average Bonchev–Trinajstić information content (AvgIpc) is 2.72. The molecule has 172 valence electrons. The largest absolute Gasteiger partial charge is 0.464 e. The second-order valence-corrected chi connectivity index (χ2v) is 8.19. The van der Waals surface area contributed by atoms with Crippen molar-refractivity contribution < 1.29 is 14.6 Å². The minimum atomic E-state index is -0.771. The Morgan fingerprint density at radius 2 is 1.45 bits per heavy atom. The van der Waals surface area contributed by atoms with Crippen LogP contribution in [0.4, 0.5) is 0 Å². The summed E-state index contributed by atoms with van der Waals surface area (Å²) in [7, 11) is 0. The zero-order chi connectivity index (χ0) is 21.6. The number of esters is 1. The van der Waals surface area contributed by atoms with Gasteiger partial charge in [-0.25, -0.2) is 0 Å². The van der Waals surface area contributed by atoms with Crippen molar-refractivity contribution in [2.45, 2.75) is 122 Å². The summed E-state index contributed by atoms with van der Waals surface area (Å²) in [6.45, 7) is 2.96. The summed E-state index contributed by atoms with van der Waals surface area (Å²) in [4.78, 5) is 11.6. The van der Waals surface area contributed by atoms with Crippen LogP contribution in [0.25, 0.3) is 0 Å². The van der Waals surface area contributed by atoms with Crippen LogP contribution in [0, 0.1) is 0 Å². The van der Waals surface area contributed by atoms with Crippen molar-refractivity contribution in [3.63, 3.8) is 0 Å². The van der Waals surface area contributed by atoms with Crippen molar-refractivity contribution in [1.29, 1.82) is 0 Å². The molecule has 0 radical (unpaired) electrons. The SMILES string of the molecule is CCCCCCCCCCCCCC=CC(O)C(N)COC(=O)CCCCCN. The van der Waals surface area contributed by atoms with Gasteiger partial charge in [0.25, 0.3) is 0 Å². The molecule has 0 spiro atoms. The molecule has 0 bridgehead atoms. The quantitative estimate of drug-likeness (QED) is 0.140. The minimum Gasteiger partial charge on any atom is -0.464 e. The van der Waals surface area contributed by atoms with E-state index in [9.17, 15) is 9.90 Å². The topological polar surface area (TPSA) is 98.6 Å². The van der Waals surface area contributed by atoms with Gasteiger partial charge in [0.1, 0.15) is 6.61 Å². The van der Waals surface area contributed by atoms with Gasteiger partial charge in [-0.3, -0.25) is 4.79 Å². The van der Waals surface area contributed by atoms with Gasteiger partial charge in [0.15, 0.2) is 0 Å². The highest BCUT2D eigenvalue weighted by atomic mass is 16.5. The number of rotatable bonds is 21. The molecule has 0 rings (SSSR count). The van der Waals surface area contributed by atoms with E-state index in [1.165, 1.54) is 64.2 Å². The molecule has 0 aliphatic rings. The molecule has 0 aromatic heterocycles. The number of ether oxygens (including phenoxy) is 1. The third-order valence-electron chi connectivity index (χ3n) is 5.27. The fourth-order valence-corrected chi connectivity index (χ4v) is 3.26. The van der Waals surface area contributed by atoms with Crippen molar-refractivity contribution >= 4 is 5.97 Å². The van der Waals surface area contributed by atoms with Crippen LogP contribution in [0.1, 0.15) is 110 Å². The van der Waals surface area contributed by atoms with Crippen molar-refractivity contribution in [3.05, 3.63) is 12.2 Å². The summed E-state index contributed by atoms with van der Waals surface area (Å²) in [5.74, 6) is -0.255. The number of nitrogens with two attached hydrogens (primary N) is 2. The van der Waals surface area contributed by atoms with Crippen LogP contribution in [0.5, 0.6) is 0 Å². The fourth-order valence-electron chi connectivity index (χ4n) is 3.26. The summed E-state index contributed by atoms with van der Waals surface area (Å²) in [5, 5.41) is 10.0. The van der Waals surface area contributed by atoms with Crippen LogP contribution in [-0.2, 0) is 9.53 Å². The Morgan fingerprint density at radius 3 is 2.03 bits per heavy atom. The lowest BCUT2D eigenvalue weighted by molar-refractivity contribution is -0.144. The molecule has 0 saturated heterocycles. The number of unbranched alkanes of at least 4 members (excludes halogenated alkanes) is 13. The summed E-state index contributed by atoms with van der Waals surface area (Å²) >= 11 is 0. The van der Waals surface area contributed by atoms with Gasteiger partial charge in [-0.1, -0.05) is 89.7 Å². The first-order valence-corrected chi connectivity index (χ1v) is 12.1. The molecule has 0 aromatic carbocycles. The molecule has 0 saturated carbocycles. The second-order valence-electron chi connectivity index (χ2n) is 8.19. The molecule has 0 fully saturated rings. The van der Waals surface area contributed by atoms with E-state index in [4.69, 9.17) is 16.2 Å². The van der Waals surface area contributed by atoms with Crippen molar-refractivity contribution in [2.24, 2.45) is 11.5 Å². The van der Waals surface area contributed by atoms with Gasteiger partial charge >= 0.3 is 5.97 Å². The Balaban J connectivity index is 3.52. The van der Waals surface area contributed by atoms with Gasteiger partial charge in [-0.2, -0.15) is 0 Å². The summed E-state index contributed by atoms with van der Waals surface area (Å²) in [6.07, 6.45) is 21.6. The maximum atomic E-state index is 11.6. The van der Waals surface area contributed by atoms with Crippen LogP contribution < -0.4 is 11.5 Å². The minimum absolute atomic E-state index is 0.0552. The Labute approximate surface area is 179 Å². The van der Waals surface area contributed by atoms with Crippen LogP contribution in [0.15, 0.2) is 12.2 Å². The molecule has 0 aliphatic carbocycles. The summed E-state index contributed by atoms with van der Waals surface area (Å²) in [6, 6.07) is -0.573. The van der Waals surface area contributed by atoms with Crippen LogP contribution >= 0.6 is 0 Å². The van der Waals surface area contributed by atoms with Gasteiger partial charge in [0.05, 0.1) is 12.1 Å². The molecule has 0 aromatic rings. The number of hydrogen-bond acceptors (Lipinski definition) is 5. The van der Waals surface area contributed by atoms with Gasteiger partial charge in [-0.15, -0.1) is 0 Å². The zero-order valence-corrected chi connectivity index (χ0v) is 19.0. The van der Waals surface area contributed by atoms with E-state index in [1.807, 2.05) is 6.08 Å². The van der Waals surface area contributed by atoms with Gasteiger partial charge in [0.2, 0.25) is 0 Å². The molecule has 5 N–H and O–H groups in total. The van der Waals surface area contributed by atoms with E-state index in [0.29, 0.717) is 13.0 Å². The lowest BCUT2D eigenvalue weighted by Crippen LogP contribution is -2.38. The predicted octanol–water partition coefficient (Wildman–Crippen LogP) is 4.99. The third kappa shape index (κ3) is 20.2. The smallest absolute Gasteiger partial charge is 0.305 e. The first-order valence-electron chi connectivity index (χ1n) is 12.1. The molecule has 2 unspecified atom stereocenters. The summed E-state index contributed by atoms with van der Waals surface area (Å²) < 4.78 is 5.13. The summed E-state index contributed by atoms with van der Waals surface area (Å²) in [5.41, 5.74) is 11.3.